The summed E-state index contributed by atoms with van der Waals surface area (Å²) in [5.41, 5.74) is 11.9. The van der Waals surface area contributed by atoms with E-state index in [4.69, 9.17) is 19.7 Å². The van der Waals surface area contributed by atoms with Gasteiger partial charge in [0.05, 0.1) is 6.10 Å². The molecule has 0 spiro atoms. The number of nitrogens with zero attached hydrogens (tertiary/aromatic N) is 3. The van der Waals surface area contributed by atoms with Crippen LogP contribution in [0.1, 0.15) is 20.3 Å². The fourth-order valence-electron chi connectivity index (χ4n) is 2.06. The van der Waals surface area contributed by atoms with Crippen LogP contribution in [-0.2, 0) is 23.8 Å². The SMILES string of the molecule is CC(=O)OC1O[C@H](CC#C[Si](C)(C)C)[C@@H](N=[N+]=[N-])[C@H]1OC(C)=O. The minimum absolute atomic E-state index is 0.295. The minimum atomic E-state index is -1.55. The third kappa shape index (κ3) is 6.32. The molecule has 0 aromatic rings. The number of esters is 2. The van der Waals surface area contributed by atoms with Crippen molar-refractivity contribution in [3.8, 4) is 11.5 Å². The molecule has 4 atom stereocenters. The van der Waals surface area contributed by atoms with Gasteiger partial charge in [0.1, 0.15) is 14.1 Å². The van der Waals surface area contributed by atoms with Crippen molar-refractivity contribution >= 4 is 20.0 Å². The smallest absolute Gasteiger partial charge is 0.305 e. The van der Waals surface area contributed by atoms with Gasteiger partial charge in [0.2, 0.25) is 6.29 Å². The van der Waals surface area contributed by atoms with Crippen LogP contribution in [0.25, 0.3) is 10.4 Å². The number of carbonyl (C=O) groups excluding carboxylic acids is 2. The maximum absolute atomic E-state index is 11.3. The second kappa shape index (κ2) is 8.01. The lowest BCUT2D eigenvalue weighted by Gasteiger charge is -2.19. The van der Waals surface area contributed by atoms with Gasteiger partial charge in [-0.2, -0.15) is 0 Å². The molecule has 1 rings (SSSR count). The van der Waals surface area contributed by atoms with Crippen molar-refractivity contribution in [2.45, 2.75) is 64.4 Å². The van der Waals surface area contributed by atoms with Crippen LogP contribution in [0.3, 0.4) is 0 Å². The molecule has 0 aromatic carbocycles. The van der Waals surface area contributed by atoms with Crippen LogP contribution in [0.15, 0.2) is 5.11 Å². The summed E-state index contributed by atoms with van der Waals surface area (Å²) >= 11 is 0. The standard InChI is InChI=1S/C14H21N3O5Si/c1-9(18)20-13-12(16-17-15)11(7-6-8-23(3,4)5)22-14(13)21-10(2)19/h11-14H,7H2,1-5H3/t11-,12-,13-,14?/m1/s1. The number of hydrogen-bond acceptors (Lipinski definition) is 6. The maximum Gasteiger partial charge on any atom is 0.305 e. The largest absolute Gasteiger partial charge is 0.455 e. The van der Waals surface area contributed by atoms with Gasteiger partial charge < -0.3 is 14.2 Å². The second-order valence-electron chi connectivity index (χ2n) is 6.18. The highest BCUT2D eigenvalue weighted by Gasteiger charge is 2.48. The lowest BCUT2D eigenvalue weighted by atomic mass is 10.1. The summed E-state index contributed by atoms with van der Waals surface area (Å²) in [6.45, 7) is 8.74. The molecule has 0 bridgehead atoms. The normalized spacial score (nSPS) is 26.5. The first-order valence-electron chi connectivity index (χ1n) is 7.18. The lowest BCUT2D eigenvalue weighted by molar-refractivity contribution is -0.193. The molecule has 8 nitrogen and oxygen atoms in total. The van der Waals surface area contributed by atoms with Crippen molar-refractivity contribution in [2.75, 3.05) is 0 Å². The van der Waals surface area contributed by atoms with Crippen molar-refractivity contribution in [3.05, 3.63) is 10.4 Å². The predicted molar refractivity (Wildman–Crippen MR) is 84.7 cm³/mol. The first-order valence-corrected chi connectivity index (χ1v) is 10.7. The summed E-state index contributed by atoms with van der Waals surface area (Å²) in [6.07, 6.45) is -2.40. The molecule has 1 unspecified atom stereocenters. The Bertz CT molecular complexity index is 571. The summed E-state index contributed by atoms with van der Waals surface area (Å²) < 4.78 is 15.7. The van der Waals surface area contributed by atoms with Crippen molar-refractivity contribution in [2.24, 2.45) is 5.11 Å². The first kappa shape index (κ1) is 19.0. The van der Waals surface area contributed by atoms with Crippen LogP contribution < -0.4 is 0 Å². The molecule has 1 aliphatic rings. The third-order valence-corrected chi connectivity index (χ3v) is 3.76. The minimum Gasteiger partial charge on any atom is -0.455 e. The molecule has 0 aliphatic carbocycles. The lowest BCUT2D eigenvalue weighted by Crippen LogP contribution is -2.37. The van der Waals surface area contributed by atoms with E-state index in [9.17, 15) is 9.59 Å². The van der Waals surface area contributed by atoms with E-state index in [0.717, 1.165) is 0 Å². The highest BCUT2D eigenvalue weighted by Crippen LogP contribution is 2.29. The molecule has 1 saturated heterocycles. The van der Waals surface area contributed by atoms with Gasteiger partial charge in [-0.05, 0) is 5.53 Å². The van der Waals surface area contributed by atoms with E-state index < -0.39 is 44.6 Å². The number of azide groups is 1. The Balaban J connectivity index is 2.99. The molecular weight excluding hydrogens is 318 g/mol. The van der Waals surface area contributed by atoms with Gasteiger partial charge in [-0.1, -0.05) is 24.8 Å². The average Bonchev–Trinajstić information content (AvgIpc) is 2.66. The molecule has 1 aliphatic heterocycles. The molecular formula is C14H21N3O5Si. The predicted octanol–water partition coefficient (Wildman–Crippen LogP) is 2.16. The zero-order valence-electron chi connectivity index (χ0n) is 13.9. The van der Waals surface area contributed by atoms with E-state index in [-0.39, 0.29) is 0 Å². The molecule has 0 radical (unpaired) electrons. The molecule has 0 aromatic heterocycles. The van der Waals surface area contributed by atoms with Crippen LogP contribution in [0, 0.1) is 11.5 Å². The molecule has 0 saturated carbocycles. The molecule has 9 heteroatoms. The quantitative estimate of drug-likeness (QED) is 0.195. The number of carbonyl (C=O) groups is 2. The highest BCUT2D eigenvalue weighted by molar-refractivity contribution is 6.83. The van der Waals surface area contributed by atoms with Crippen LogP contribution in [0.2, 0.25) is 19.6 Å². The second-order valence-corrected chi connectivity index (χ2v) is 10.9. The summed E-state index contributed by atoms with van der Waals surface area (Å²) in [6, 6.07) is -0.802. The molecule has 1 heterocycles. The molecule has 0 amide bonds. The van der Waals surface area contributed by atoms with Crippen molar-refractivity contribution in [1.82, 2.24) is 0 Å². The van der Waals surface area contributed by atoms with Crippen molar-refractivity contribution < 1.29 is 23.8 Å². The molecule has 1 fully saturated rings. The van der Waals surface area contributed by atoms with Gasteiger partial charge in [-0.15, -0.1) is 11.5 Å². The third-order valence-electron chi connectivity index (χ3n) is 2.83. The molecule has 0 N–H and O–H groups in total. The van der Waals surface area contributed by atoms with Gasteiger partial charge in [0.15, 0.2) is 6.10 Å². The Morgan fingerprint density at radius 1 is 1.26 bits per heavy atom. The average molecular weight is 339 g/mol. The van der Waals surface area contributed by atoms with E-state index in [2.05, 4.69) is 41.1 Å². The van der Waals surface area contributed by atoms with Gasteiger partial charge in [0.25, 0.3) is 0 Å². The number of ether oxygens (including phenoxy) is 3. The van der Waals surface area contributed by atoms with E-state index in [1.807, 2.05) is 0 Å². The fraction of sp³-hybridized carbons (Fsp3) is 0.714. The zero-order chi connectivity index (χ0) is 17.6. The van der Waals surface area contributed by atoms with E-state index in [1.54, 1.807) is 0 Å². The van der Waals surface area contributed by atoms with Gasteiger partial charge in [-0.3, -0.25) is 9.59 Å². The Morgan fingerprint density at radius 2 is 1.87 bits per heavy atom. The van der Waals surface area contributed by atoms with Crippen molar-refractivity contribution in [3.63, 3.8) is 0 Å². The zero-order valence-corrected chi connectivity index (χ0v) is 14.9. The van der Waals surface area contributed by atoms with Gasteiger partial charge >= 0.3 is 11.9 Å². The van der Waals surface area contributed by atoms with Gasteiger partial charge in [-0.25, -0.2) is 0 Å². The highest BCUT2D eigenvalue weighted by atomic mass is 28.3. The summed E-state index contributed by atoms with van der Waals surface area (Å²) in [7, 11) is -1.55. The fourth-order valence-corrected chi connectivity index (χ4v) is 2.70. The Labute approximate surface area is 136 Å². The topological polar surface area (TPSA) is 111 Å². The number of rotatable bonds is 4. The van der Waals surface area contributed by atoms with E-state index in [0.29, 0.717) is 6.42 Å². The van der Waals surface area contributed by atoms with E-state index >= 15 is 0 Å². The summed E-state index contributed by atoms with van der Waals surface area (Å²) in [5, 5.41) is 3.64. The monoisotopic (exact) mass is 339 g/mol. The Morgan fingerprint density at radius 3 is 2.35 bits per heavy atom. The van der Waals surface area contributed by atoms with Crippen molar-refractivity contribution in [1.29, 1.82) is 0 Å². The van der Waals surface area contributed by atoms with E-state index in [1.165, 1.54) is 13.8 Å². The van der Waals surface area contributed by atoms with Gasteiger partial charge in [0, 0.05) is 25.2 Å². The molecule has 126 valence electrons. The van der Waals surface area contributed by atoms with Crippen LogP contribution in [0.5, 0.6) is 0 Å². The summed E-state index contributed by atoms with van der Waals surface area (Å²) in [4.78, 5) is 25.2. The Kier molecular flexibility index (Phi) is 6.63. The summed E-state index contributed by atoms with van der Waals surface area (Å²) in [5.74, 6) is 1.86. The number of hydrogen-bond donors (Lipinski definition) is 0. The first-order chi connectivity index (χ1) is 10.6. The maximum atomic E-state index is 11.3. The van der Waals surface area contributed by atoms with Crippen LogP contribution in [0.4, 0.5) is 0 Å². The molecule has 23 heavy (non-hydrogen) atoms. The van der Waals surface area contributed by atoms with Crippen LogP contribution >= 0.6 is 0 Å². The van der Waals surface area contributed by atoms with Crippen LogP contribution in [-0.4, -0.2) is 44.6 Å². The Hall–Kier alpha value is -2.01.